The van der Waals surface area contributed by atoms with Crippen LogP contribution >= 0.6 is 0 Å². The highest BCUT2D eigenvalue weighted by Crippen LogP contribution is 2.07. The number of hydroxylamine groups is 1. The summed E-state index contributed by atoms with van der Waals surface area (Å²) < 4.78 is 0. The predicted octanol–water partition coefficient (Wildman–Crippen LogP) is 0.0979. The van der Waals surface area contributed by atoms with Gasteiger partial charge < -0.3 is 0 Å². The maximum atomic E-state index is 5.46. The molecule has 0 aliphatic heterocycles. The molecular weight excluding hydrogens is 140 g/mol. The Kier molecular flexibility index (Phi) is 4.00. The number of rotatable bonds is 3. The topological polar surface area (TPSA) is 16.9 Å². The molecule has 0 amide bonds. The van der Waals surface area contributed by atoms with E-state index >= 15 is 0 Å². The summed E-state index contributed by atoms with van der Waals surface area (Å²) in [6.07, 6.45) is 0. The van der Waals surface area contributed by atoms with E-state index in [1.165, 1.54) is 5.01 Å². The van der Waals surface area contributed by atoms with E-state index in [-0.39, 0.29) is 5.54 Å². The molecule has 0 aromatic rings. The Morgan fingerprint density at radius 2 is 1.73 bits per heavy atom. The summed E-state index contributed by atoms with van der Waals surface area (Å²) in [5.41, 5.74) is 0.0643. The predicted molar refractivity (Wildman–Crippen MR) is 46.0 cm³/mol. The van der Waals surface area contributed by atoms with Gasteiger partial charge in [0.2, 0.25) is 0 Å². The first-order valence-electron chi connectivity index (χ1n) is 4.13. The zero-order chi connectivity index (χ0) is 9.07. The van der Waals surface area contributed by atoms with Crippen LogP contribution in [0.15, 0.2) is 0 Å². The maximum absolute atomic E-state index is 5.46. The molecule has 0 unspecified atom stereocenters. The standard InChI is InChI=1S/C8H20N2O/c1-7-11-10(9(5)6)8(2,3)4/h7H2,1-6H3/p+1. The Hall–Kier alpha value is -0.120. The van der Waals surface area contributed by atoms with Crippen molar-refractivity contribution >= 4 is 0 Å². The fraction of sp³-hybridized carbons (Fsp3) is 1.00. The molecule has 0 fully saturated rings. The summed E-state index contributed by atoms with van der Waals surface area (Å²) >= 11 is 0. The van der Waals surface area contributed by atoms with Gasteiger partial charge in [0.15, 0.2) is 0 Å². The first-order chi connectivity index (χ1) is 4.89. The Morgan fingerprint density at radius 3 is 1.82 bits per heavy atom. The smallest absolute Gasteiger partial charge is 0.0899 e. The summed E-state index contributed by atoms with van der Waals surface area (Å²) in [6, 6.07) is 0. The molecule has 0 spiro atoms. The normalized spacial score (nSPS) is 13.1. The van der Waals surface area contributed by atoms with Gasteiger partial charge in [-0.05, 0) is 32.9 Å². The maximum Gasteiger partial charge on any atom is 0.0899 e. The van der Waals surface area contributed by atoms with E-state index in [4.69, 9.17) is 4.84 Å². The van der Waals surface area contributed by atoms with E-state index in [1.807, 2.05) is 12.1 Å². The monoisotopic (exact) mass is 161 g/mol. The van der Waals surface area contributed by atoms with Crippen molar-refractivity contribution in [2.75, 3.05) is 20.7 Å². The van der Waals surface area contributed by atoms with Gasteiger partial charge in [-0.2, -0.15) is 0 Å². The van der Waals surface area contributed by atoms with E-state index in [1.54, 1.807) is 0 Å². The van der Waals surface area contributed by atoms with E-state index in [9.17, 15) is 0 Å². The molecule has 0 aromatic heterocycles. The van der Waals surface area contributed by atoms with Crippen LogP contribution in [-0.2, 0) is 4.84 Å². The van der Waals surface area contributed by atoms with Crippen LogP contribution in [0.2, 0.25) is 0 Å². The minimum Gasteiger partial charge on any atom is -0.254 e. The highest BCUT2D eigenvalue weighted by molar-refractivity contribution is 4.62. The molecule has 0 heterocycles. The number of hydrogen-bond acceptors (Lipinski definition) is 2. The van der Waals surface area contributed by atoms with Gasteiger partial charge in [-0.3, -0.25) is 4.84 Å². The van der Waals surface area contributed by atoms with Crippen molar-refractivity contribution in [1.29, 1.82) is 0 Å². The summed E-state index contributed by atoms with van der Waals surface area (Å²) in [6.45, 7) is 9.13. The third kappa shape index (κ3) is 3.70. The molecule has 11 heavy (non-hydrogen) atoms. The van der Waals surface area contributed by atoms with Crippen molar-refractivity contribution in [3.8, 4) is 0 Å². The quantitative estimate of drug-likeness (QED) is 0.591. The van der Waals surface area contributed by atoms with Gasteiger partial charge in [0.05, 0.1) is 26.2 Å². The lowest BCUT2D eigenvalue weighted by molar-refractivity contribution is -1.03. The molecule has 3 nitrogen and oxygen atoms in total. The highest BCUT2D eigenvalue weighted by atomic mass is 16.7. The van der Waals surface area contributed by atoms with Gasteiger partial charge in [0.1, 0.15) is 0 Å². The Balaban J connectivity index is 4.10. The van der Waals surface area contributed by atoms with Gasteiger partial charge in [-0.1, -0.05) is 0 Å². The Bertz CT molecular complexity index is 107. The molecule has 1 N–H and O–H groups in total. The first-order valence-corrected chi connectivity index (χ1v) is 4.13. The zero-order valence-corrected chi connectivity index (χ0v) is 8.56. The van der Waals surface area contributed by atoms with Crippen LogP contribution in [0.4, 0.5) is 0 Å². The second-order valence-corrected chi connectivity index (χ2v) is 3.83. The van der Waals surface area contributed by atoms with Crippen molar-refractivity contribution in [1.82, 2.24) is 5.17 Å². The summed E-state index contributed by atoms with van der Waals surface area (Å²) in [7, 11) is 4.11. The van der Waals surface area contributed by atoms with E-state index in [2.05, 4.69) is 34.9 Å². The number of hydrogen-bond donors (Lipinski definition) is 1. The third-order valence-electron chi connectivity index (χ3n) is 1.27. The molecular formula is C8H21N2O+. The summed E-state index contributed by atoms with van der Waals surface area (Å²) in [5.74, 6) is 0. The van der Waals surface area contributed by atoms with E-state index in [0.29, 0.717) is 0 Å². The van der Waals surface area contributed by atoms with Crippen molar-refractivity contribution < 1.29 is 9.85 Å². The number of nitrogens with one attached hydrogen (secondary N) is 1. The van der Waals surface area contributed by atoms with Crippen molar-refractivity contribution in [3.63, 3.8) is 0 Å². The molecule has 0 aromatic carbocycles. The Labute approximate surface area is 69.9 Å². The zero-order valence-electron chi connectivity index (χ0n) is 8.56. The largest absolute Gasteiger partial charge is 0.254 e. The molecule has 0 aliphatic carbocycles. The van der Waals surface area contributed by atoms with Gasteiger partial charge in [0.25, 0.3) is 0 Å². The van der Waals surface area contributed by atoms with Crippen LogP contribution in [0, 0.1) is 0 Å². The van der Waals surface area contributed by atoms with Gasteiger partial charge >= 0.3 is 0 Å². The minimum atomic E-state index is 0.0643. The number of quaternary nitrogens is 1. The first kappa shape index (κ1) is 10.9. The molecule has 68 valence electrons. The number of nitrogens with zero attached hydrogens (tertiary/aromatic N) is 1. The van der Waals surface area contributed by atoms with Crippen molar-refractivity contribution in [2.24, 2.45) is 0 Å². The molecule has 3 heteroatoms. The molecule has 0 saturated carbocycles. The summed E-state index contributed by atoms with van der Waals surface area (Å²) in [5, 5.41) is 3.15. The van der Waals surface area contributed by atoms with Crippen molar-refractivity contribution in [3.05, 3.63) is 0 Å². The minimum absolute atomic E-state index is 0.0643. The van der Waals surface area contributed by atoms with E-state index < -0.39 is 0 Å². The summed E-state index contributed by atoms with van der Waals surface area (Å²) in [4.78, 5) is 5.46. The highest BCUT2D eigenvalue weighted by Gasteiger charge is 2.27. The third-order valence-corrected chi connectivity index (χ3v) is 1.27. The molecule has 0 saturated heterocycles. The molecule has 0 rings (SSSR count). The van der Waals surface area contributed by atoms with Crippen LogP contribution in [-0.4, -0.2) is 31.4 Å². The SMILES string of the molecule is CCON([NH+](C)C)C(C)(C)C. The van der Waals surface area contributed by atoms with Gasteiger partial charge in [-0.15, -0.1) is 0 Å². The van der Waals surface area contributed by atoms with Gasteiger partial charge in [0, 0.05) is 0 Å². The lowest BCUT2D eigenvalue weighted by Crippen LogP contribution is -3.14. The lowest BCUT2D eigenvalue weighted by Gasteiger charge is -2.33. The van der Waals surface area contributed by atoms with Crippen LogP contribution < -0.4 is 5.01 Å². The van der Waals surface area contributed by atoms with Crippen LogP contribution in [0.5, 0.6) is 0 Å². The molecule has 0 atom stereocenters. The molecule has 0 aliphatic rings. The molecule has 0 bridgehead atoms. The second kappa shape index (κ2) is 4.04. The van der Waals surface area contributed by atoms with Gasteiger partial charge in [-0.25, -0.2) is 5.01 Å². The van der Waals surface area contributed by atoms with Crippen molar-refractivity contribution in [2.45, 2.75) is 33.2 Å². The van der Waals surface area contributed by atoms with Crippen LogP contribution in [0.25, 0.3) is 0 Å². The van der Waals surface area contributed by atoms with Crippen LogP contribution in [0.1, 0.15) is 27.7 Å². The average Bonchev–Trinajstić information content (AvgIpc) is 1.79. The fourth-order valence-electron chi connectivity index (χ4n) is 1.12. The van der Waals surface area contributed by atoms with E-state index in [0.717, 1.165) is 6.61 Å². The lowest BCUT2D eigenvalue weighted by atomic mass is 10.1. The average molecular weight is 161 g/mol. The fourth-order valence-corrected chi connectivity index (χ4v) is 1.12. The Morgan fingerprint density at radius 1 is 1.27 bits per heavy atom. The second-order valence-electron chi connectivity index (χ2n) is 3.83. The van der Waals surface area contributed by atoms with Crippen LogP contribution in [0.3, 0.4) is 0 Å². The molecule has 0 radical (unpaired) electrons.